The van der Waals surface area contributed by atoms with Crippen molar-refractivity contribution in [3.8, 4) is 0 Å². The zero-order valence-electron chi connectivity index (χ0n) is 18.1. The number of carbonyl (C=O) groups excluding carboxylic acids is 2. The lowest BCUT2D eigenvalue weighted by atomic mass is 9.72. The molecule has 0 aromatic heterocycles. The van der Waals surface area contributed by atoms with Crippen LogP contribution in [-0.2, 0) is 9.63 Å². The fourth-order valence-electron chi connectivity index (χ4n) is 2.85. The molecule has 1 aromatic carbocycles. The fraction of sp³-hybridized carbons (Fsp3) is 0.381. The number of nitro benzene ring substituents is 2. The van der Waals surface area contributed by atoms with Crippen LogP contribution in [0.25, 0.3) is 0 Å². The summed E-state index contributed by atoms with van der Waals surface area (Å²) in [5.74, 6) is -1.23. The standard InChI is InChI=1S/C21H23N3O7/c1-20(2,3)16-9-13(10-17(18(16)25)21(4,5)6)22-31-19(26)12-7-14(23(27)28)11-15(8-12)24(29)30/h7-11H,1-6H3. The maximum atomic E-state index is 12.9. The van der Waals surface area contributed by atoms with Gasteiger partial charge in [0, 0.05) is 23.3 Å². The average Bonchev–Trinajstić information content (AvgIpc) is 2.64. The van der Waals surface area contributed by atoms with Gasteiger partial charge in [-0.05, 0) is 23.0 Å². The topological polar surface area (TPSA) is 142 Å². The number of carbonyl (C=O) groups is 2. The van der Waals surface area contributed by atoms with Crippen molar-refractivity contribution in [1.29, 1.82) is 0 Å². The van der Waals surface area contributed by atoms with Gasteiger partial charge in [-0.1, -0.05) is 46.7 Å². The Bertz CT molecular complexity index is 999. The SMILES string of the molecule is CC(C)(C)C1=CC(=NOC(=O)c2cc([N+](=O)[O-])cc([N+](=O)[O-])c2)C=C(C(C)(C)C)C1=O. The van der Waals surface area contributed by atoms with Crippen LogP contribution >= 0.6 is 0 Å². The Labute approximate surface area is 178 Å². The Kier molecular flexibility index (Phi) is 6.25. The van der Waals surface area contributed by atoms with Gasteiger partial charge in [0.05, 0.1) is 21.5 Å². The molecular weight excluding hydrogens is 406 g/mol. The van der Waals surface area contributed by atoms with Gasteiger partial charge in [0.25, 0.3) is 11.4 Å². The third-order valence-corrected chi connectivity index (χ3v) is 4.48. The lowest BCUT2D eigenvalue weighted by Gasteiger charge is -2.30. The Morgan fingerprint density at radius 1 is 0.871 bits per heavy atom. The van der Waals surface area contributed by atoms with E-state index in [0.29, 0.717) is 11.1 Å². The summed E-state index contributed by atoms with van der Waals surface area (Å²) in [6.45, 7) is 11.2. The van der Waals surface area contributed by atoms with Crippen LogP contribution < -0.4 is 0 Å². The van der Waals surface area contributed by atoms with Crippen molar-refractivity contribution in [2.75, 3.05) is 0 Å². The number of allylic oxidation sites excluding steroid dienone is 4. The van der Waals surface area contributed by atoms with Crippen molar-refractivity contribution in [2.45, 2.75) is 41.5 Å². The number of ketones is 1. The van der Waals surface area contributed by atoms with E-state index in [-0.39, 0.29) is 11.5 Å². The second kappa shape index (κ2) is 8.21. The molecule has 0 bridgehead atoms. The molecule has 0 aliphatic heterocycles. The van der Waals surface area contributed by atoms with Crippen molar-refractivity contribution in [1.82, 2.24) is 0 Å². The highest BCUT2D eigenvalue weighted by atomic mass is 16.7. The van der Waals surface area contributed by atoms with Gasteiger partial charge in [-0.3, -0.25) is 25.0 Å². The molecule has 0 fully saturated rings. The van der Waals surface area contributed by atoms with Crippen LogP contribution in [0.4, 0.5) is 11.4 Å². The molecule has 164 valence electrons. The van der Waals surface area contributed by atoms with Crippen molar-refractivity contribution >= 4 is 28.8 Å². The van der Waals surface area contributed by atoms with Gasteiger partial charge < -0.3 is 4.84 Å². The monoisotopic (exact) mass is 429 g/mol. The quantitative estimate of drug-likeness (QED) is 0.296. The van der Waals surface area contributed by atoms with Gasteiger partial charge in [-0.25, -0.2) is 4.79 Å². The van der Waals surface area contributed by atoms with Gasteiger partial charge in [-0.2, -0.15) is 0 Å². The van der Waals surface area contributed by atoms with Crippen LogP contribution in [0.1, 0.15) is 51.9 Å². The smallest absolute Gasteiger partial charge is 0.312 e. The van der Waals surface area contributed by atoms with E-state index in [1.54, 1.807) is 0 Å². The minimum absolute atomic E-state index is 0.125. The summed E-state index contributed by atoms with van der Waals surface area (Å²) in [6, 6.07) is 2.48. The molecule has 31 heavy (non-hydrogen) atoms. The summed E-state index contributed by atoms with van der Waals surface area (Å²) in [5, 5.41) is 25.8. The molecule has 0 heterocycles. The lowest BCUT2D eigenvalue weighted by molar-refractivity contribution is -0.394. The third-order valence-electron chi connectivity index (χ3n) is 4.48. The number of hydrogen-bond donors (Lipinski definition) is 0. The van der Waals surface area contributed by atoms with Crippen molar-refractivity contribution in [3.63, 3.8) is 0 Å². The Morgan fingerprint density at radius 2 is 1.29 bits per heavy atom. The largest absolute Gasteiger partial charge is 0.366 e. The van der Waals surface area contributed by atoms with E-state index in [9.17, 15) is 29.8 Å². The highest BCUT2D eigenvalue weighted by Gasteiger charge is 2.34. The first-order valence-corrected chi connectivity index (χ1v) is 9.33. The van der Waals surface area contributed by atoms with E-state index in [0.717, 1.165) is 18.2 Å². The average molecular weight is 429 g/mol. The number of hydrogen-bond acceptors (Lipinski definition) is 8. The number of oxime groups is 1. The molecule has 0 radical (unpaired) electrons. The molecule has 0 amide bonds. The summed E-state index contributed by atoms with van der Waals surface area (Å²) in [6.07, 6.45) is 3.03. The zero-order valence-corrected chi connectivity index (χ0v) is 18.1. The molecule has 1 aliphatic rings. The molecule has 0 N–H and O–H groups in total. The van der Waals surface area contributed by atoms with E-state index >= 15 is 0 Å². The van der Waals surface area contributed by atoms with Gasteiger partial charge in [0.2, 0.25) is 0 Å². The number of nitrogens with zero attached hydrogens (tertiary/aromatic N) is 3. The molecule has 1 aliphatic carbocycles. The molecule has 10 heteroatoms. The third kappa shape index (κ3) is 5.47. The number of rotatable bonds is 4. The van der Waals surface area contributed by atoms with Crippen LogP contribution in [0, 0.1) is 31.1 Å². The number of nitro groups is 2. The van der Waals surface area contributed by atoms with Crippen molar-refractivity contribution in [2.24, 2.45) is 16.0 Å². The summed E-state index contributed by atoms with van der Waals surface area (Å²) in [7, 11) is 0. The summed E-state index contributed by atoms with van der Waals surface area (Å²) in [5.41, 5.74) is -1.44. The van der Waals surface area contributed by atoms with Crippen LogP contribution in [0.15, 0.2) is 46.7 Å². The molecule has 1 aromatic rings. The minimum Gasteiger partial charge on any atom is -0.312 e. The van der Waals surface area contributed by atoms with Crippen LogP contribution in [-0.4, -0.2) is 27.3 Å². The predicted octanol–water partition coefficient (Wildman–Crippen LogP) is 4.54. The van der Waals surface area contributed by atoms with Crippen LogP contribution in [0.2, 0.25) is 0 Å². The summed E-state index contributed by atoms with van der Waals surface area (Å²) < 4.78 is 0. The van der Waals surface area contributed by atoms with Gasteiger partial charge in [0.1, 0.15) is 5.71 Å². The summed E-state index contributed by atoms with van der Waals surface area (Å²) in [4.78, 5) is 50.5. The van der Waals surface area contributed by atoms with Crippen LogP contribution in [0.5, 0.6) is 0 Å². The number of benzene rings is 1. The van der Waals surface area contributed by atoms with Gasteiger partial charge >= 0.3 is 5.97 Å². The van der Waals surface area contributed by atoms with E-state index < -0.39 is 43.6 Å². The molecular formula is C21H23N3O7. The molecule has 0 spiro atoms. The molecule has 0 unspecified atom stereocenters. The first-order valence-electron chi connectivity index (χ1n) is 9.33. The van der Waals surface area contributed by atoms with E-state index in [1.165, 1.54) is 12.2 Å². The first-order chi connectivity index (χ1) is 14.1. The first kappa shape index (κ1) is 23.6. The van der Waals surface area contributed by atoms with Crippen molar-refractivity contribution < 1.29 is 24.3 Å². The Balaban J connectivity index is 2.45. The fourth-order valence-corrected chi connectivity index (χ4v) is 2.85. The molecule has 0 saturated carbocycles. The Hall–Kier alpha value is -3.69. The second-order valence-corrected chi connectivity index (χ2v) is 9.09. The zero-order chi connectivity index (χ0) is 23.7. The highest BCUT2D eigenvalue weighted by molar-refractivity contribution is 6.22. The van der Waals surface area contributed by atoms with E-state index in [1.807, 2.05) is 41.5 Å². The maximum Gasteiger partial charge on any atom is 0.366 e. The second-order valence-electron chi connectivity index (χ2n) is 9.09. The van der Waals surface area contributed by atoms with Crippen LogP contribution in [0.3, 0.4) is 0 Å². The number of Topliss-reactive ketones (excluding diaryl/α,β-unsaturated/α-hetero) is 1. The maximum absolute atomic E-state index is 12.9. The minimum atomic E-state index is -1.10. The molecule has 2 rings (SSSR count). The van der Waals surface area contributed by atoms with Gasteiger partial charge in [-0.15, -0.1) is 0 Å². The van der Waals surface area contributed by atoms with E-state index in [4.69, 9.17) is 4.84 Å². The molecule has 0 saturated heterocycles. The summed E-state index contributed by atoms with van der Waals surface area (Å²) >= 11 is 0. The number of non-ortho nitro benzene ring substituents is 2. The normalized spacial score (nSPS) is 14.5. The predicted molar refractivity (Wildman–Crippen MR) is 113 cm³/mol. The molecule has 0 atom stereocenters. The lowest BCUT2D eigenvalue weighted by Crippen LogP contribution is -2.29. The van der Waals surface area contributed by atoms with Crippen molar-refractivity contribution in [3.05, 3.63) is 67.3 Å². The Morgan fingerprint density at radius 3 is 1.65 bits per heavy atom. The molecule has 10 nitrogen and oxygen atoms in total. The van der Waals surface area contributed by atoms with Gasteiger partial charge in [0.15, 0.2) is 5.78 Å². The highest BCUT2D eigenvalue weighted by Crippen LogP contribution is 2.37. The van der Waals surface area contributed by atoms with E-state index in [2.05, 4.69) is 5.16 Å².